The Morgan fingerprint density at radius 3 is 2.66 bits per heavy atom. The third-order valence-electron chi connectivity index (χ3n) is 8.16. The first kappa shape index (κ1) is 26.7. The fourth-order valence-electron chi connectivity index (χ4n) is 6.63. The van der Waals surface area contributed by atoms with Crippen molar-refractivity contribution in [2.45, 2.75) is 84.8 Å². The topological polar surface area (TPSA) is 87.1 Å². The van der Waals surface area contributed by atoms with Gasteiger partial charge in [0.15, 0.2) is 0 Å². The van der Waals surface area contributed by atoms with Gasteiger partial charge in [-0.1, -0.05) is 47.3 Å². The van der Waals surface area contributed by atoms with Gasteiger partial charge < -0.3 is 19.6 Å². The Morgan fingerprint density at radius 1 is 1.31 bits per heavy atom. The number of halogens is 1. The Morgan fingerprint density at radius 2 is 2.03 bits per heavy atom. The molecule has 1 N–H and O–H groups in total. The van der Waals surface area contributed by atoms with E-state index in [2.05, 4.69) is 29.1 Å². The zero-order chi connectivity index (χ0) is 25.3. The third-order valence-corrected chi connectivity index (χ3v) is 11.4. The Bertz CT molecular complexity index is 865. The van der Waals surface area contributed by atoms with Crippen molar-refractivity contribution in [2.75, 3.05) is 19.8 Å². The van der Waals surface area contributed by atoms with Gasteiger partial charge in [-0.05, 0) is 32.6 Å². The number of nitrogens with zero attached hydrogens (tertiary/aromatic N) is 2. The van der Waals surface area contributed by atoms with Crippen LogP contribution in [0.15, 0.2) is 25.3 Å². The molecule has 9 heteroatoms. The van der Waals surface area contributed by atoms with Crippen LogP contribution in [0, 0.1) is 11.8 Å². The van der Waals surface area contributed by atoms with Crippen molar-refractivity contribution < 1.29 is 24.2 Å². The number of ether oxygens (including phenoxy) is 1. The fourth-order valence-corrected chi connectivity index (χ4v) is 10.2. The van der Waals surface area contributed by atoms with Crippen LogP contribution in [0.1, 0.15) is 51.9 Å². The van der Waals surface area contributed by atoms with Crippen LogP contribution in [-0.4, -0.2) is 85.4 Å². The molecule has 1 saturated carbocycles. The lowest BCUT2D eigenvalue weighted by molar-refractivity contribution is -0.154. The summed E-state index contributed by atoms with van der Waals surface area (Å²) in [4.78, 5) is 45.1. The van der Waals surface area contributed by atoms with Crippen LogP contribution in [0.3, 0.4) is 0 Å². The monoisotopic (exact) mass is 568 g/mol. The van der Waals surface area contributed by atoms with E-state index in [-0.39, 0.29) is 47.1 Å². The van der Waals surface area contributed by atoms with E-state index in [9.17, 15) is 19.5 Å². The van der Waals surface area contributed by atoms with Crippen molar-refractivity contribution in [3.63, 3.8) is 0 Å². The summed E-state index contributed by atoms with van der Waals surface area (Å²) in [5.41, 5.74) is 0. The second kappa shape index (κ2) is 11.0. The maximum Gasteiger partial charge on any atom is 0.310 e. The van der Waals surface area contributed by atoms with Gasteiger partial charge in [-0.15, -0.1) is 24.9 Å². The van der Waals surface area contributed by atoms with Gasteiger partial charge in [-0.25, -0.2) is 0 Å². The highest BCUT2D eigenvalue weighted by molar-refractivity contribution is 9.09. The number of aliphatic hydroxyl groups is 1. The van der Waals surface area contributed by atoms with Crippen molar-refractivity contribution in [3.8, 4) is 0 Å². The van der Waals surface area contributed by atoms with Crippen LogP contribution in [-0.2, 0) is 19.1 Å². The first-order chi connectivity index (χ1) is 16.8. The standard InChI is InChI=1S/C26H37BrN2O5S/c1-4-6-13-34-25(33)19-20-23(31)29(16(3)15-30)22(26(20)14-18(27)21(19)35-26)24(32)28(12-5-2)17-10-8-7-9-11-17/h4-5,16-22,30H,1-2,6-15H2,3H3/t16-,18?,19+,20+,21+,22?,26?/m1/s1. The van der Waals surface area contributed by atoms with Gasteiger partial charge >= 0.3 is 5.97 Å². The molecule has 0 aromatic rings. The number of hydrogen-bond donors (Lipinski definition) is 1. The summed E-state index contributed by atoms with van der Waals surface area (Å²) in [5.74, 6) is -1.94. The number of aliphatic hydroxyl groups excluding tert-OH is 1. The molecule has 1 spiro atoms. The predicted molar refractivity (Wildman–Crippen MR) is 140 cm³/mol. The average molecular weight is 570 g/mol. The van der Waals surface area contributed by atoms with E-state index in [1.165, 1.54) is 6.42 Å². The fraction of sp³-hybridized carbons (Fsp3) is 0.731. The number of likely N-dealkylation sites (tertiary alicyclic amines) is 1. The molecule has 4 rings (SSSR count). The van der Waals surface area contributed by atoms with E-state index >= 15 is 0 Å². The molecule has 7 nitrogen and oxygen atoms in total. The van der Waals surface area contributed by atoms with E-state index in [0.29, 0.717) is 19.4 Å². The van der Waals surface area contributed by atoms with Crippen LogP contribution in [0.25, 0.3) is 0 Å². The van der Waals surface area contributed by atoms with Gasteiger partial charge in [-0.3, -0.25) is 14.4 Å². The van der Waals surface area contributed by atoms with Crippen LogP contribution in [0.2, 0.25) is 0 Å². The van der Waals surface area contributed by atoms with Crippen molar-refractivity contribution in [2.24, 2.45) is 11.8 Å². The first-order valence-corrected chi connectivity index (χ1v) is 14.6. The molecule has 35 heavy (non-hydrogen) atoms. The number of hydrogen-bond acceptors (Lipinski definition) is 6. The molecule has 2 bridgehead atoms. The minimum atomic E-state index is -0.731. The van der Waals surface area contributed by atoms with Crippen molar-refractivity contribution in [1.82, 2.24) is 9.80 Å². The molecule has 4 aliphatic rings. The van der Waals surface area contributed by atoms with Crippen LogP contribution >= 0.6 is 27.7 Å². The second-order valence-electron chi connectivity index (χ2n) is 10.3. The molecule has 3 saturated heterocycles. The lowest BCUT2D eigenvalue weighted by Gasteiger charge is -2.42. The van der Waals surface area contributed by atoms with Gasteiger partial charge in [-0.2, -0.15) is 0 Å². The quantitative estimate of drug-likeness (QED) is 0.188. The normalized spacial score (nSPS) is 35.0. The Labute approximate surface area is 220 Å². The van der Waals surface area contributed by atoms with E-state index in [1.54, 1.807) is 35.7 Å². The van der Waals surface area contributed by atoms with E-state index in [4.69, 9.17) is 4.74 Å². The minimum Gasteiger partial charge on any atom is -0.465 e. The van der Waals surface area contributed by atoms with Gasteiger partial charge in [0.25, 0.3) is 0 Å². The zero-order valence-electron chi connectivity index (χ0n) is 20.4. The molecule has 7 atom stereocenters. The van der Waals surface area contributed by atoms with E-state index < -0.39 is 28.7 Å². The molecule has 0 radical (unpaired) electrons. The summed E-state index contributed by atoms with van der Waals surface area (Å²) in [7, 11) is 0. The number of rotatable bonds is 10. The molecule has 0 aromatic carbocycles. The van der Waals surface area contributed by atoms with Crippen molar-refractivity contribution in [3.05, 3.63) is 25.3 Å². The van der Waals surface area contributed by atoms with E-state index in [0.717, 1.165) is 25.7 Å². The molecule has 4 fully saturated rings. The van der Waals surface area contributed by atoms with Crippen LogP contribution < -0.4 is 0 Å². The lowest BCUT2D eigenvalue weighted by Crippen LogP contribution is -2.59. The highest BCUT2D eigenvalue weighted by atomic mass is 79.9. The summed E-state index contributed by atoms with van der Waals surface area (Å²) < 4.78 is 4.82. The highest BCUT2D eigenvalue weighted by Crippen LogP contribution is 2.68. The summed E-state index contributed by atoms with van der Waals surface area (Å²) in [6.45, 7) is 9.74. The smallest absolute Gasteiger partial charge is 0.310 e. The zero-order valence-corrected chi connectivity index (χ0v) is 22.8. The molecular formula is C26H37BrN2O5S. The Balaban J connectivity index is 1.72. The predicted octanol–water partition coefficient (Wildman–Crippen LogP) is 3.30. The Kier molecular flexibility index (Phi) is 8.38. The molecule has 3 unspecified atom stereocenters. The summed E-state index contributed by atoms with van der Waals surface area (Å²) in [6.07, 6.45) is 9.84. The largest absolute Gasteiger partial charge is 0.465 e. The molecule has 3 aliphatic heterocycles. The Hall–Kier alpha value is -1.32. The van der Waals surface area contributed by atoms with Crippen LogP contribution in [0.4, 0.5) is 0 Å². The summed E-state index contributed by atoms with van der Waals surface area (Å²) >= 11 is 5.37. The number of carbonyl (C=O) groups is 3. The van der Waals surface area contributed by atoms with E-state index in [1.807, 2.05) is 4.90 Å². The molecule has 2 amide bonds. The number of thioether (sulfide) groups is 1. The highest BCUT2D eigenvalue weighted by Gasteiger charge is 2.76. The van der Waals surface area contributed by atoms with Crippen LogP contribution in [0.5, 0.6) is 0 Å². The molecule has 194 valence electrons. The second-order valence-corrected chi connectivity index (χ2v) is 13.0. The average Bonchev–Trinajstić information content (AvgIpc) is 3.45. The number of fused-ring (bicyclic) bond motifs is 1. The van der Waals surface area contributed by atoms with Gasteiger partial charge in [0, 0.05) is 22.7 Å². The number of alkyl halides is 1. The summed E-state index contributed by atoms with van der Waals surface area (Å²) in [6, 6.07) is -1.14. The first-order valence-electron chi connectivity index (χ1n) is 12.8. The minimum absolute atomic E-state index is 0.00396. The van der Waals surface area contributed by atoms with Gasteiger partial charge in [0.05, 0.1) is 35.8 Å². The summed E-state index contributed by atoms with van der Waals surface area (Å²) in [5, 5.41) is 9.92. The molecular weight excluding hydrogens is 532 g/mol. The number of esters is 1. The maximum absolute atomic E-state index is 14.4. The third kappa shape index (κ3) is 4.50. The number of amides is 2. The molecule has 0 aromatic heterocycles. The van der Waals surface area contributed by atoms with Crippen molar-refractivity contribution >= 4 is 45.5 Å². The number of carbonyl (C=O) groups excluding carboxylic acids is 3. The lowest BCUT2D eigenvalue weighted by atomic mass is 9.71. The maximum atomic E-state index is 14.4. The molecule has 3 heterocycles. The van der Waals surface area contributed by atoms with Gasteiger partial charge in [0.2, 0.25) is 11.8 Å². The molecule has 1 aliphatic carbocycles. The van der Waals surface area contributed by atoms with Gasteiger partial charge in [0.1, 0.15) is 6.04 Å². The van der Waals surface area contributed by atoms with Crippen molar-refractivity contribution in [1.29, 1.82) is 0 Å². The SMILES string of the molecule is C=CCCOC(=O)[C@H]1[C@H]2C(=O)N([C@H](C)CO)C(C(=O)N(CC=C)C3CCCCC3)C23CC(Br)[C@@H]1S3.